The smallest absolute Gasteiger partial charge is 0.243 e. The van der Waals surface area contributed by atoms with Gasteiger partial charge in [-0.1, -0.05) is 54.1 Å². The fourth-order valence-electron chi connectivity index (χ4n) is 3.97. The highest BCUT2D eigenvalue weighted by atomic mass is 35.5. The third-order valence-corrected chi connectivity index (χ3v) is 8.13. The Morgan fingerprint density at radius 1 is 0.897 bits per heavy atom. The van der Waals surface area contributed by atoms with Gasteiger partial charge in [-0.05, 0) is 53.4 Å². The Bertz CT molecular complexity index is 1150. The number of fused-ring (bicyclic) bond motifs is 1. The van der Waals surface area contributed by atoms with Gasteiger partial charge in [0.15, 0.2) is 0 Å². The maximum atomic E-state index is 13.2. The van der Waals surface area contributed by atoms with Crippen LogP contribution in [0.5, 0.6) is 0 Å². The normalized spacial score (nSPS) is 16.4. The summed E-state index contributed by atoms with van der Waals surface area (Å²) >= 11 is 6.14. The zero-order valence-electron chi connectivity index (χ0n) is 16.7. The highest BCUT2D eigenvalue weighted by Crippen LogP contribution is 2.27. The van der Waals surface area contributed by atoms with Crippen LogP contribution in [-0.4, -0.2) is 43.8 Å². The van der Waals surface area contributed by atoms with Crippen molar-refractivity contribution in [2.24, 2.45) is 0 Å². The standard InChI is InChI=1S/C23H25ClN2O2S/c1-17-15-23(18(2)14-22(17)24)29(27,28)26-12-10-25(11-13-26)16-20-8-5-7-19-6-3-4-9-21(19)20/h3-9,14-15H,10-13,16H2,1-2H3. The van der Waals surface area contributed by atoms with Crippen molar-refractivity contribution < 1.29 is 8.42 Å². The molecule has 0 atom stereocenters. The van der Waals surface area contributed by atoms with E-state index < -0.39 is 10.0 Å². The Labute approximate surface area is 177 Å². The first kappa shape index (κ1) is 20.4. The second-order valence-corrected chi connectivity index (χ2v) is 10.00. The predicted octanol–water partition coefficient (Wildman–Crippen LogP) is 4.62. The fourth-order valence-corrected chi connectivity index (χ4v) is 5.90. The van der Waals surface area contributed by atoms with Crippen LogP contribution in [0.1, 0.15) is 16.7 Å². The summed E-state index contributed by atoms with van der Waals surface area (Å²) in [6, 6.07) is 18.2. The number of aryl methyl sites for hydroxylation is 2. The van der Waals surface area contributed by atoms with Crippen molar-refractivity contribution in [1.82, 2.24) is 9.21 Å². The molecule has 0 aromatic heterocycles. The molecule has 0 bridgehead atoms. The summed E-state index contributed by atoms with van der Waals surface area (Å²) in [5, 5.41) is 3.10. The van der Waals surface area contributed by atoms with Crippen molar-refractivity contribution >= 4 is 32.4 Å². The summed E-state index contributed by atoms with van der Waals surface area (Å²) in [7, 11) is -3.51. The molecule has 1 heterocycles. The monoisotopic (exact) mass is 428 g/mol. The molecular weight excluding hydrogens is 404 g/mol. The van der Waals surface area contributed by atoms with Gasteiger partial charge in [0.05, 0.1) is 4.90 Å². The van der Waals surface area contributed by atoms with Gasteiger partial charge in [-0.3, -0.25) is 4.90 Å². The van der Waals surface area contributed by atoms with E-state index in [1.807, 2.05) is 6.92 Å². The van der Waals surface area contributed by atoms with Crippen LogP contribution in [0.25, 0.3) is 10.8 Å². The van der Waals surface area contributed by atoms with E-state index in [2.05, 4.69) is 47.4 Å². The van der Waals surface area contributed by atoms with Crippen molar-refractivity contribution in [2.45, 2.75) is 25.3 Å². The zero-order valence-corrected chi connectivity index (χ0v) is 18.3. The Kier molecular flexibility index (Phi) is 5.67. The lowest BCUT2D eigenvalue weighted by Crippen LogP contribution is -2.48. The molecule has 1 aliphatic rings. The topological polar surface area (TPSA) is 40.6 Å². The summed E-state index contributed by atoms with van der Waals surface area (Å²) in [5.41, 5.74) is 2.76. The van der Waals surface area contributed by atoms with Crippen molar-refractivity contribution in [3.05, 3.63) is 76.3 Å². The summed E-state index contributed by atoms with van der Waals surface area (Å²) in [6.45, 7) is 6.89. The molecule has 0 amide bonds. The van der Waals surface area contributed by atoms with Crippen LogP contribution in [0.3, 0.4) is 0 Å². The molecule has 3 aromatic rings. The van der Waals surface area contributed by atoms with E-state index in [9.17, 15) is 8.42 Å². The van der Waals surface area contributed by atoms with Gasteiger partial charge in [-0.2, -0.15) is 4.31 Å². The molecule has 0 radical (unpaired) electrons. The van der Waals surface area contributed by atoms with Crippen molar-refractivity contribution in [3.63, 3.8) is 0 Å². The van der Waals surface area contributed by atoms with Gasteiger partial charge < -0.3 is 0 Å². The highest BCUT2D eigenvalue weighted by molar-refractivity contribution is 7.89. The van der Waals surface area contributed by atoms with Crippen LogP contribution in [0, 0.1) is 13.8 Å². The molecule has 4 rings (SSSR count). The molecule has 6 heteroatoms. The molecule has 0 unspecified atom stereocenters. The number of rotatable bonds is 4. The van der Waals surface area contributed by atoms with Crippen LogP contribution in [-0.2, 0) is 16.6 Å². The Hall–Kier alpha value is -1.92. The molecule has 1 aliphatic heterocycles. The van der Waals surface area contributed by atoms with E-state index in [0.29, 0.717) is 41.7 Å². The van der Waals surface area contributed by atoms with E-state index in [1.54, 1.807) is 23.4 Å². The third-order valence-electron chi connectivity index (χ3n) is 5.68. The molecule has 4 nitrogen and oxygen atoms in total. The van der Waals surface area contributed by atoms with E-state index in [4.69, 9.17) is 11.6 Å². The molecule has 152 valence electrons. The number of piperazine rings is 1. The van der Waals surface area contributed by atoms with E-state index in [0.717, 1.165) is 12.1 Å². The van der Waals surface area contributed by atoms with Crippen molar-refractivity contribution in [3.8, 4) is 0 Å². The van der Waals surface area contributed by atoms with E-state index in [1.165, 1.54) is 16.3 Å². The van der Waals surface area contributed by atoms with Crippen LogP contribution >= 0.6 is 11.6 Å². The number of hydrogen-bond donors (Lipinski definition) is 0. The van der Waals surface area contributed by atoms with E-state index in [-0.39, 0.29) is 0 Å². The lowest BCUT2D eigenvalue weighted by Gasteiger charge is -2.34. The molecule has 29 heavy (non-hydrogen) atoms. The SMILES string of the molecule is Cc1cc(S(=O)(=O)N2CCN(Cc3cccc4ccccc34)CC2)c(C)cc1Cl. The minimum atomic E-state index is -3.51. The van der Waals surface area contributed by atoms with Gasteiger partial charge in [0.2, 0.25) is 10.0 Å². The first-order chi connectivity index (χ1) is 13.9. The van der Waals surface area contributed by atoms with Crippen LogP contribution in [0.4, 0.5) is 0 Å². The minimum absolute atomic E-state index is 0.363. The second kappa shape index (κ2) is 8.07. The predicted molar refractivity (Wildman–Crippen MR) is 119 cm³/mol. The molecule has 0 aliphatic carbocycles. The Balaban J connectivity index is 1.49. The second-order valence-electron chi connectivity index (χ2n) is 7.69. The number of hydrogen-bond acceptors (Lipinski definition) is 3. The fraction of sp³-hybridized carbons (Fsp3) is 0.304. The quantitative estimate of drug-likeness (QED) is 0.609. The van der Waals surface area contributed by atoms with Gasteiger partial charge in [0.25, 0.3) is 0 Å². The van der Waals surface area contributed by atoms with Crippen LogP contribution < -0.4 is 0 Å². The van der Waals surface area contributed by atoms with Gasteiger partial charge in [-0.25, -0.2) is 8.42 Å². The maximum absolute atomic E-state index is 13.2. The maximum Gasteiger partial charge on any atom is 0.243 e. The average molecular weight is 429 g/mol. The van der Waals surface area contributed by atoms with Crippen molar-refractivity contribution in [1.29, 1.82) is 0 Å². The lowest BCUT2D eigenvalue weighted by atomic mass is 10.0. The average Bonchev–Trinajstić information content (AvgIpc) is 2.71. The molecular formula is C23H25ClN2O2S. The van der Waals surface area contributed by atoms with Gasteiger partial charge >= 0.3 is 0 Å². The third kappa shape index (κ3) is 4.05. The van der Waals surface area contributed by atoms with Gasteiger partial charge in [0, 0.05) is 37.7 Å². The number of benzene rings is 3. The summed E-state index contributed by atoms with van der Waals surface area (Å²) in [5.74, 6) is 0. The molecule has 0 spiro atoms. The van der Waals surface area contributed by atoms with Crippen LogP contribution in [0.2, 0.25) is 5.02 Å². The lowest BCUT2D eigenvalue weighted by molar-refractivity contribution is 0.182. The van der Waals surface area contributed by atoms with Crippen molar-refractivity contribution in [2.75, 3.05) is 26.2 Å². The molecule has 1 saturated heterocycles. The van der Waals surface area contributed by atoms with E-state index >= 15 is 0 Å². The van der Waals surface area contributed by atoms with Gasteiger partial charge in [0.1, 0.15) is 0 Å². The first-order valence-corrected chi connectivity index (χ1v) is 11.6. The zero-order chi connectivity index (χ0) is 20.6. The number of halogens is 1. The minimum Gasteiger partial charge on any atom is -0.296 e. The summed E-state index contributed by atoms with van der Waals surface area (Å²) < 4.78 is 28.0. The number of nitrogens with zero attached hydrogens (tertiary/aromatic N) is 2. The number of sulfonamides is 1. The molecule has 0 saturated carbocycles. The van der Waals surface area contributed by atoms with Gasteiger partial charge in [-0.15, -0.1) is 0 Å². The Morgan fingerprint density at radius 2 is 1.59 bits per heavy atom. The molecule has 0 N–H and O–H groups in total. The first-order valence-electron chi connectivity index (χ1n) is 9.82. The van der Waals surface area contributed by atoms with Crippen LogP contribution in [0.15, 0.2) is 59.5 Å². The Morgan fingerprint density at radius 3 is 2.34 bits per heavy atom. The summed E-state index contributed by atoms with van der Waals surface area (Å²) in [6.07, 6.45) is 0. The largest absolute Gasteiger partial charge is 0.296 e. The molecule has 1 fully saturated rings. The molecule has 3 aromatic carbocycles. The summed E-state index contributed by atoms with van der Waals surface area (Å²) in [4.78, 5) is 2.69. The highest BCUT2D eigenvalue weighted by Gasteiger charge is 2.30.